The van der Waals surface area contributed by atoms with E-state index in [2.05, 4.69) is 13.8 Å². The van der Waals surface area contributed by atoms with Gasteiger partial charge in [0.25, 0.3) is 0 Å². The molecule has 0 heterocycles. The highest BCUT2D eigenvalue weighted by molar-refractivity contribution is 5.35. The summed E-state index contributed by atoms with van der Waals surface area (Å²) >= 11 is 0. The van der Waals surface area contributed by atoms with Crippen molar-refractivity contribution < 1.29 is 9.50 Å². The maximum absolute atomic E-state index is 13.0. The summed E-state index contributed by atoms with van der Waals surface area (Å²) in [7, 11) is 0. The number of halogens is 1. The first-order chi connectivity index (χ1) is 7.02. The number of rotatable bonds is 4. The second-order valence-corrected chi connectivity index (χ2v) is 4.26. The van der Waals surface area contributed by atoms with E-state index in [1.54, 1.807) is 12.1 Å². The van der Waals surface area contributed by atoms with Crippen LogP contribution >= 0.6 is 0 Å². The lowest BCUT2D eigenvalue weighted by atomic mass is 9.97. The summed E-state index contributed by atoms with van der Waals surface area (Å²) < 4.78 is 13.0. The molecule has 1 aromatic carbocycles. The average molecular weight is 211 g/mol. The molecule has 1 aromatic rings. The molecule has 2 nitrogen and oxygen atoms in total. The summed E-state index contributed by atoms with van der Waals surface area (Å²) in [6.45, 7) is 4.22. The summed E-state index contributed by atoms with van der Waals surface area (Å²) in [6.07, 6.45) is 1.73. The number of hydrogen-bond acceptors (Lipinski definition) is 2. The zero-order valence-electron chi connectivity index (χ0n) is 9.20. The fourth-order valence-corrected chi connectivity index (χ4v) is 1.50. The fourth-order valence-electron chi connectivity index (χ4n) is 1.50. The quantitative estimate of drug-likeness (QED) is 0.804. The number of phenolic OH excluding ortho intramolecular Hbond substituents is 1. The predicted molar refractivity (Wildman–Crippen MR) is 59.1 cm³/mol. The summed E-state index contributed by atoms with van der Waals surface area (Å²) in [5.74, 6) is -0.354. The molecule has 1 atom stereocenters. The van der Waals surface area contributed by atoms with E-state index in [1.165, 1.54) is 6.07 Å². The van der Waals surface area contributed by atoms with Gasteiger partial charge in [-0.25, -0.2) is 4.39 Å². The Morgan fingerprint density at radius 3 is 2.60 bits per heavy atom. The van der Waals surface area contributed by atoms with Gasteiger partial charge in [0, 0.05) is 11.6 Å². The first-order valence-corrected chi connectivity index (χ1v) is 5.25. The van der Waals surface area contributed by atoms with E-state index in [9.17, 15) is 9.50 Å². The molecular formula is C12H18FNO. The monoisotopic (exact) mass is 211 g/mol. The molecule has 1 rings (SSSR count). The molecule has 0 aliphatic rings. The molecule has 0 unspecified atom stereocenters. The molecular weight excluding hydrogens is 193 g/mol. The van der Waals surface area contributed by atoms with Gasteiger partial charge in [0.05, 0.1) is 0 Å². The molecule has 0 saturated heterocycles. The summed E-state index contributed by atoms with van der Waals surface area (Å²) in [5.41, 5.74) is 6.38. The minimum Gasteiger partial charge on any atom is -0.505 e. The largest absolute Gasteiger partial charge is 0.505 e. The van der Waals surface area contributed by atoms with Crippen LogP contribution in [0.2, 0.25) is 0 Å². The van der Waals surface area contributed by atoms with Crippen molar-refractivity contribution in [2.24, 2.45) is 11.7 Å². The molecule has 3 N–H and O–H groups in total. The normalized spacial score (nSPS) is 13.1. The molecule has 0 radical (unpaired) electrons. The van der Waals surface area contributed by atoms with Crippen molar-refractivity contribution >= 4 is 0 Å². The Bertz CT molecular complexity index is 325. The van der Waals surface area contributed by atoms with Crippen molar-refractivity contribution in [2.75, 3.05) is 0 Å². The molecule has 0 saturated carbocycles. The van der Waals surface area contributed by atoms with Gasteiger partial charge in [0.1, 0.15) is 0 Å². The van der Waals surface area contributed by atoms with Crippen molar-refractivity contribution in [3.8, 4) is 5.75 Å². The third-order valence-corrected chi connectivity index (χ3v) is 2.47. The minimum atomic E-state index is -0.604. The Labute approximate surface area is 89.9 Å². The molecule has 0 spiro atoms. The number of para-hydroxylation sites is 1. The van der Waals surface area contributed by atoms with Crippen molar-refractivity contribution in [1.29, 1.82) is 0 Å². The Morgan fingerprint density at radius 2 is 2.00 bits per heavy atom. The van der Waals surface area contributed by atoms with Crippen LogP contribution < -0.4 is 5.73 Å². The lowest BCUT2D eigenvalue weighted by molar-refractivity contribution is 0.413. The van der Waals surface area contributed by atoms with Crippen molar-refractivity contribution in [1.82, 2.24) is 0 Å². The zero-order valence-corrected chi connectivity index (χ0v) is 9.20. The van der Waals surface area contributed by atoms with Crippen molar-refractivity contribution in [3.05, 3.63) is 29.6 Å². The molecule has 0 aliphatic carbocycles. The second kappa shape index (κ2) is 5.12. The van der Waals surface area contributed by atoms with Crippen molar-refractivity contribution in [3.63, 3.8) is 0 Å². The molecule has 0 amide bonds. The highest BCUT2D eigenvalue weighted by atomic mass is 19.1. The van der Waals surface area contributed by atoms with Gasteiger partial charge in [-0.2, -0.15) is 0 Å². The van der Waals surface area contributed by atoms with E-state index in [0.29, 0.717) is 11.5 Å². The highest BCUT2D eigenvalue weighted by Crippen LogP contribution is 2.28. The number of hydrogen-bond donors (Lipinski definition) is 2. The van der Waals surface area contributed by atoms with Crippen LogP contribution in [0, 0.1) is 11.7 Å². The SMILES string of the molecule is CC(C)CC[C@H](N)c1cccc(F)c1O. The molecule has 0 bridgehead atoms. The Morgan fingerprint density at radius 1 is 1.33 bits per heavy atom. The molecule has 84 valence electrons. The molecule has 15 heavy (non-hydrogen) atoms. The number of aromatic hydroxyl groups is 1. The van der Waals surface area contributed by atoms with Gasteiger partial charge in [0.15, 0.2) is 11.6 Å². The van der Waals surface area contributed by atoms with Crippen LogP contribution in [0.1, 0.15) is 38.3 Å². The average Bonchev–Trinajstić information content (AvgIpc) is 2.18. The van der Waals surface area contributed by atoms with Crippen LogP contribution in [0.5, 0.6) is 5.75 Å². The number of nitrogens with two attached hydrogens (primary N) is 1. The van der Waals surface area contributed by atoms with Crippen LogP contribution in [-0.2, 0) is 0 Å². The zero-order chi connectivity index (χ0) is 11.4. The first kappa shape index (κ1) is 12.0. The Kier molecular flexibility index (Phi) is 4.09. The topological polar surface area (TPSA) is 46.2 Å². The maximum atomic E-state index is 13.0. The van der Waals surface area contributed by atoms with E-state index >= 15 is 0 Å². The van der Waals surface area contributed by atoms with Crippen LogP contribution in [0.15, 0.2) is 18.2 Å². The van der Waals surface area contributed by atoms with Crippen molar-refractivity contribution in [2.45, 2.75) is 32.7 Å². The maximum Gasteiger partial charge on any atom is 0.165 e. The van der Waals surface area contributed by atoms with Gasteiger partial charge < -0.3 is 10.8 Å². The van der Waals surface area contributed by atoms with E-state index in [0.717, 1.165) is 12.8 Å². The molecule has 0 fully saturated rings. The second-order valence-electron chi connectivity index (χ2n) is 4.26. The first-order valence-electron chi connectivity index (χ1n) is 5.25. The highest BCUT2D eigenvalue weighted by Gasteiger charge is 2.13. The summed E-state index contributed by atoms with van der Waals surface area (Å²) in [6, 6.07) is 4.18. The van der Waals surface area contributed by atoms with Gasteiger partial charge in [-0.05, 0) is 24.8 Å². The van der Waals surface area contributed by atoms with Crippen LogP contribution in [0.4, 0.5) is 4.39 Å². The van der Waals surface area contributed by atoms with Crippen LogP contribution in [0.3, 0.4) is 0 Å². The van der Waals surface area contributed by atoms with E-state index in [1.807, 2.05) is 0 Å². The standard InChI is InChI=1S/C12H18FNO/c1-8(2)6-7-11(14)9-4-3-5-10(13)12(9)15/h3-5,8,11,15H,6-7,14H2,1-2H3/t11-/m0/s1. The van der Waals surface area contributed by atoms with Gasteiger partial charge in [-0.15, -0.1) is 0 Å². The van der Waals surface area contributed by atoms with Gasteiger partial charge in [-0.1, -0.05) is 26.0 Å². The third kappa shape index (κ3) is 3.20. The van der Waals surface area contributed by atoms with E-state index in [4.69, 9.17) is 5.73 Å². The summed E-state index contributed by atoms with van der Waals surface area (Å²) in [4.78, 5) is 0. The smallest absolute Gasteiger partial charge is 0.165 e. The Hall–Kier alpha value is -1.09. The van der Waals surface area contributed by atoms with E-state index < -0.39 is 5.82 Å². The lowest BCUT2D eigenvalue weighted by Crippen LogP contribution is -2.11. The number of benzene rings is 1. The summed E-state index contributed by atoms with van der Waals surface area (Å²) in [5, 5.41) is 9.48. The minimum absolute atomic E-state index is 0.289. The molecule has 0 aromatic heterocycles. The third-order valence-electron chi connectivity index (χ3n) is 2.47. The van der Waals surface area contributed by atoms with Gasteiger partial charge in [0.2, 0.25) is 0 Å². The Balaban J connectivity index is 2.73. The van der Waals surface area contributed by atoms with Crippen LogP contribution in [0.25, 0.3) is 0 Å². The molecule has 3 heteroatoms. The van der Waals surface area contributed by atoms with Crippen LogP contribution in [-0.4, -0.2) is 5.11 Å². The van der Waals surface area contributed by atoms with Gasteiger partial charge >= 0.3 is 0 Å². The molecule has 0 aliphatic heterocycles. The lowest BCUT2D eigenvalue weighted by Gasteiger charge is -2.14. The number of phenols is 1. The van der Waals surface area contributed by atoms with E-state index in [-0.39, 0.29) is 11.8 Å². The van der Waals surface area contributed by atoms with Gasteiger partial charge in [-0.3, -0.25) is 0 Å². The predicted octanol–water partition coefficient (Wildman–Crippen LogP) is 2.97. The fraction of sp³-hybridized carbons (Fsp3) is 0.500.